The second-order valence-corrected chi connectivity index (χ2v) is 5.59. The van der Waals surface area contributed by atoms with Crippen molar-refractivity contribution in [2.45, 2.75) is 0 Å². The molecule has 0 bridgehead atoms. The number of halogens is 1. The van der Waals surface area contributed by atoms with Crippen molar-refractivity contribution in [2.24, 2.45) is 0 Å². The number of carbonyl (C=O) groups is 1. The van der Waals surface area contributed by atoms with Gasteiger partial charge in [-0.3, -0.25) is 4.79 Å². The van der Waals surface area contributed by atoms with Gasteiger partial charge in [-0.15, -0.1) is 0 Å². The van der Waals surface area contributed by atoms with Crippen LogP contribution >= 0.6 is 0 Å². The molecule has 1 amide bonds. The first-order valence-electron chi connectivity index (χ1n) is 8.11. The van der Waals surface area contributed by atoms with Crippen LogP contribution in [-0.2, 0) is 0 Å². The Kier molecular flexibility index (Phi) is 5.51. The van der Waals surface area contributed by atoms with Gasteiger partial charge in [-0.2, -0.15) is 0 Å². The Morgan fingerprint density at radius 1 is 1.00 bits per heavy atom. The summed E-state index contributed by atoms with van der Waals surface area (Å²) in [6, 6.07) is 14.4. The predicted octanol–water partition coefficient (Wildman–Crippen LogP) is 4.23. The molecule has 27 heavy (non-hydrogen) atoms. The summed E-state index contributed by atoms with van der Waals surface area (Å²) in [5.41, 5.74) is 1.93. The van der Waals surface area contributed by atoms with Gasteiger partial charge in [-0.05, 0) is 42.5 Å². The van der Waals surface area contributed by atoms with Crippen LogP contribution in [0.25, 0.3) is 0 Å². The van der Waals surface area contributed by atoms with Gasteiger partial charge in [0, 0.05) is 11.8 Å². The fourth-order valence-corrected chi connectivity index (χ4v) is 2.43. The molecule has 0 aliphatic carbocycles. The van der Waals surface area contributed by atoms with Crippen molar-refractivity contribution in [2.75, 3.05) is 24.9 Å². The number of hydrogen-bond acceptors (Lipinski definition) is 5. The number of aromatic nitrogens is 1. The molecule has 3 aromatic rings. The molecule has 0 spiro atoms. The molecule has 1 aromatic heterocycles. The zero-order chi connectivity index (χ0) is 19.2. The van der Waals surface area contributed by atoms with Crippen LogP contribution in [0.3, 0.4) is 0 Å². The highest BCUT2D eigenvalue weighted by atomic mass is 19.1. The Bertz CT molecular complexity index is 945. The van der Waals surface area contributed by atoms with E-state index >= 15 is 0 Å². The number of ether oxygens (including phenoxy) is 2. The van der Waals surface area contributed by atoms with E-state index in [4.69, 9.17) is 9.47 Å². The van der Waals surface area contributed by atoms with Crippen molar-refractivity contribution in [1.82, 2.24) is 4.98 Å². The van der Waals surface area contributed by atoms with Crippen LogP contribution < -0.4 is 20.1 Å². The Morgan fingerprint density at radius 2 is 1.85 bits per heavy atom. The standard InChI is InChI=1S/C20H18FN3O3/c1-26-16-7-9-19(27-2)18(11-16)24-20(25)17-8-6-15(12-22-17)23-14-5-3-4-13(21)10-14/h3-12,23H,1-2H3,(H,24,25). The molecule has 2 N–H and O–H groups in total. The fourth-order valence-electron chi connectivity index (χ4n) is 2.43. The lowest BCUT2D eigenvalue weighted by atomic mass is 10.2. The Morgan fingerprint density at radius 3 is 2.52 bits per heavy atom. The molecule has 0 radical (unpaired) electrons. The first kappa shape index (κ1) is 18.2. The van der Waals surface area contributed by atoms with Gasteiger partial charge in [0.1, 0.15) is 23.0 Å². The number of benzene rings is 2. The van der Waals surface area contributed by atoms with E-state index in [0.29, 0.717) is 28.6 Å². The van der Waals surface area contributed by atoms with Gasteiger partial charge in [0.25, 0.3) is 5.91 Å². The number of carbonyl (C=O) groups excluding carboxylic acids is 1. The van der Waals surface area contributed by atoms with Crippen LogP contribution in [0, 0.1) is 5.82 Å². The zero-order valence-corrected chi connectivity index (χ0v) is 14.8. The van der Waals surface area contributed by atoms with E-state index in [1.54, 1.807) is 49.6 Å². The maximum atomic E-state index is 13.2. The second kappa shape index (κ2) is 8.18. The molecule has 0 saturated carbocycles. The normalized spacial score (nSPS) is 10.2. The van der Waals surface area contributed by atoms with Gasteiger partial charge in [0.15, 0.2) is 0 Å². The monoisotopic (exact) mass is 367 g/mol. The Hall–Kier alpha value is -3.61. The predicted molar refractivity (Wildman–Crippen MR) is 101 cm³/mol. The van der Waals surface area contributed by atoms with Gasteiger partial charge in [0.2, 0.25) is 0 Å². The van der Waals surface area contributed by atoms with E-state index in [1.165, 1.54) is 25.4 Å². The van der Waals surface area contributed by atoms with Crippen LogP contribution in [0.2, 0.25) is 0 Å². The van der Waals surface area contributed by atoms with Crippen molar-refractivity contribution in [3.63, 3.8) is 0 Å². The second-order valence-electron chi connectivity index (χ2n) is 5.59. The maximum absolute atomic E-state index is 13.2. The van der Waals surface area contributed by atoms with Crippen LogP contribution in [0.15, 0.2) is 60.8 Å². The van der Waals surface area contributed by atoms with Crippen molar-refractivity contribution >= 4 is 23.0 Å². The third-order valence-corrected chi connectivity index (χ3v) is 3.76. The largest absolute Gasteiger partial charge is 0.497 e. The summed E-state index contributed by atoms with van der Waals surface area (Å²) in [7, 11) is 3.06. The van der Waals surface area contributed by atoms with Gasteiger partial charge in [0.05, 0.1) is 31.8 Å². The zero-order valence-electron chi connectivity index (χ0n) is 14.8. The number of nitrogens with one attached hydrogen (secondary N) is 2. The summed E-state index contributed by atoms with van der Waals surface area (Å²) in [5.74, 6) is 0.372. The van der Waals surface area contributed by atoms with Crippen LogP contribution in [0.1, 0.15) is 10.5 Å². The lowest BCUT2D eigenvalue weighted by molar-refractivity contribution is 0.102. The molecule has 0 aliphatic rings. The van der Waals surface area contributed by atoms with Crippen LogP contribution in [-0.4, -0.2) is 25.1 Å². The summed E-state index contributed by atoms with van der Waals surface area (Å²) in [6.45, 7) is 0. The molecule has 0 saturated heterocycles. The van der Waals surface area contributed by atoms with Crippen LogP contribution in [0.5, 0.6) is 11.5 Å². The van der Waals surface area contributed by atoms with E-state index in [-0.39, 0.29) is 17.4 Å². The molecule has 3 rings (SSSR count). The van der Waals surface area contributed by atoms with E-state index < -0.39 is 0 Å². The van der Waals surface area contributed by atoms with Crippen molar-refractivity contribution in [3.8, 4) is 11.5 Å². The third kappa shape index (κ3) is 4.52. The average Bonchev–Trinajstić information content (AvgIpc) is 2.68. The SMILES string of the molecule is COc1ccc(OC)c(NC(=O)c2ccc(Nc3cccc(F)c3)cn2)c1. The highest BCUT2D eigenvalue weighted by Gasteiger charge is 2.12. The molecule has 138 valence electrons. The minimum atomic E-state index is -0.390. The lowest BCUT2D eigenvalue weighted by Gasteiger charge is -2.12. The number of amides is 1. The van der Waals surface area contributed by atoms with Crippen molar-refractivity contribution < 1.29 is 18.7 Å². The minimum absolute atomic E-state index is 0.227. The smallest absolute Gasteiger partial charge is 0.274 e. The number of nitrogens with zero attached hydrogens (tertiary/aromatic N) is 1. The van der Waals surface area contributed by atoms with E-state index in [1.807, 2.05) is 0 Å². The molecule has 6 nitrogen and oxygen atoms in total. The molecular formula is C20H18FN3O3. The first-order valence-corrected chi connectivity index (χ1v) is 8.11. The molecule has 2 aromatic carbocycles. The molecule has 0 aliphatic heterocycles. The number of anilines is 3. The van der Waals surface area contributed by atoms with Crippen molar-refractivity contribution in [3.05, 3.63) is 72.3 Å². The Balaban J connectivity index is 1.72. The van der Waals surface area contributed by atoms with E-state index in [9.17, 15) is 9.18 Å². The summed E-state index contributed by atoms with van der Waals surface area (Å²) in [5, 5.41) is 5.78. The van der Waals surface area contributed by atoms with Gasteiger partial charge in [-0.25, -0.2) is 9.37 Å². The van der Waals surface area contributed by atoms with Gasteiger partial charge >= 0.3 is 0 Å². The quantitative estimate of drug-likeness (QED) is 0.682. The molecule has 0 fully saturated rings. The third-order valence-electron chi connectivity index (χ3n) is 3.76. The maximum Gasteiger partial charge on any atom is 0.274 e. The molecule has 1 heterocycles. The fraction of sp³-hybridized carbons (Fsp3) is 0.100. The van der Waals surface area contributed by atoms with Crippen molar-refractivity contribution in [1.29, 1.82) is 0 Å². The lowest BCUT2D eigenvalue weighted by Crippen LogP contribution is -2.14. The topological polar surface area (TPSA) is 72.5 Å². The average molecular weight is 367 g/mol. The number of pyridine rings is 1. The summed E-state index contributed by atoms with van der Waals surface area (Å²) in [4.78, 5) is 16.6. The molecule has 0 unspecified atom stereocenters. The number of hydrogen-bond donors (Lipinski definition) is 2. The summed E-state index contributed by atoms with van der Waals surface area (Å²) >= 11 is 0. The Labute approximate surface area is 156 Å². The first-order chi connectivity index (χ1) is 13.1. The van der Waals surface area contributed by atoms with Gasteiger partial charge < -0.3 is 20.1 Å². The number of rotatable bonds is 6. The minimum Gasteiger partial charge on any atom is -0.497 e. The molecular weight excluding hydrogens is 349 g/mol. The number of methoxy groups -OCH3 is 2. The van der Waals surface area contributed by atoms with Gasteiger partial charge in [-0.1, -0.05) is 6.07 Å². The highest BCUT2D eigenvalue weighted by molar-refractivity contribution is 6.03. The van der Waals surface area contributed by atoms with E-state index in [0.717, 1.165) is 0 Å². The van der Waals surface area contributed by atoms with Crippen LogP contribution in [0.4, 0.5) is 21.5 Å². The van der Waals surface area contributed by atoms with E-state index in [2.05, 4.69) is 15.6 Å². The summed E-state index contributed by atoms with van der Waals surface area (Å²) in [6.07, 6.45) is 1.50. The molecule has 0 atom stereocenters. The molecule has 7 heteroatoms. The highest BCUT2D eigenvalue weighted by Crippen LogP contribution is 2.29. The summed E-state index contributed by atoms with van der Waals surface area (Å²) < 4.78 is 23.6.